The molecule has 0 unspecified atom stereocenters. The van der Waals surface area contributed by atoms with Crippen LogP contribution in [0.5, 0.6) is 5.88 Å². The van der Waals surface area contributed by atoms with E-state index in [0.717, 1.165) is 0 Å². The van der Waals surface area contributed by atoms with E-state index in [-0.39, 0.29) is 17.0 Å². The van der Waals surface area contributed by atoms with Gasteiger partial charge in [0.25, 0.3) is 0 Å². The number of pyridine rings is 1. The van der Waals surface area contributed by atoms with Crippen molar-refractivity contribution in [2.75, 3.05) is 7.11 Å². The number of carbonyl (C=O) groups is 1. The second-order valence-corrected chi connectivity index (χ2v) is 3.96. The van der Waals surface area contributed by atoms with E-state index >= 15 is 0 Å². The summed E-state index contributed by atoms with van der Waals surface area (Å²) in [6.45, 7) is 0. The van der Waals surface area contributed by atoms with Gasteiger partial charge >= 0.3 is 0 Å². The minimum Gasteiger partial charge on any atom is -0.480 e. The predicted molar refractivity (Wildman–Crippen MR) is 66.6 cm³/mol. The van der Waals surface area contributed by atoms with Crippen LogP contribution in [0, 0.1) is 5.82 Å². The van der Waals surface area contributed by atoms with Crippen LogP contribution in [0.2, 0.25) is 5.02 Å². The zero-order valence-corrected chi connectivity index (χ0v) is 10.2. The molecule has 0 aliphatic heterocycles. The molecular formula is C13H9ClFNO2. The van der Waals surface area contributed by atoms with Gasteiger partial charge in [-0.2, -0.15) is 0 Å². The molecule has 2 aromatic rings. The van der Waals surface area contributed by atoms with E-state index < -0.39 is 5.82 Å². The molecule has 1 aromatic carbocycles. The molecule has 92 valence electrons. The van der Waals surface area contributed by atoms with Gasteiger partial charge in [0, 0.05) is 22.3 Å². The Kier molecular flexibility index (Phi) is 3.58. The van der Waals surface area contributed by atoms with Crippen LogP contribution in [0.4, 0.5) is 4.39 Å². The number of nitrogens with zero attached hydrogens (tertiary/aromatic N) is 1. The number of methoxy groups -OCH3 is 1. The van der Waals surface area contributed by atoms with Crippen LogP contribution in [0.1, 0.15) is 10.4 Å². The van der Waals surface area contributed by atoms with Gasteiger partial charge in [-0.3, -0.25) is 4.79 Å². The Hall–Kier alpha value is -1.94. The number of benzene rings is 1. The van der Waals surface area contributed by atoms with Gasteiger partial charge in [0.05, 0.1) is 12.7 Å². The number of hydrogen-bond donors (Lipinski definition) is 0. The lowest BCUT2D eigenvalue weighted by Crippen LogP contribution is -1.97. The zero-order chi connectivity index (χ0) is 13.1. The highest BCUT2D eigenvalue weighted by molar-refractivity contribution is 6.30. The molecule has 18 heavy (non-hydrogen) atoms. The second kappa shape index (κ2) is 5.14. The number of ether oxygens (including phenoxy) is 1. The lowest BCUT2D eigenvalue weighted by Gasteiger charge is -2.09. The smallest absolute Gasteiger partial charge is 0.224 e. The summed E-state index contributed by atoms with van der Waals surface area (Å²) in [4.78, 5) is 15.0. The summed E-state index contributed by atoms with van der Waals surface area (Å²) in [6.07, 6.45) is 2.03. The first-order valence-electron chi connectivity index (χ1n) is 5.11. The van der Waals surface area contributed by atoms with E-state index in [1.165, 1.54) is 31.5 Å². The molecule has 0 saturated heterocycles. The van der Waals surface area contributed by atoms with E-state index in [0.29, 0.717) is 16.9 Å². The number of aldehydes is 1. The van der Waals surface area contributed by atoms with Crippen LogP contribution < -0.4 is 4.74 Å². The number of carbonyl (C=O) groups excluding carboxylic acids is 1. The summed E-state index contributed by atoms with van der Waals surface area (Å²) >= 11 is 5.83. The SMILES string of the molecule is COc1nccc(-c2cc(Cl)ccc2F)c1C=O. The molecule has 3 nitrogen and oxygen atoms in total. The summed E-state index contributed by atoms with van der Waals surface area (Å²) in [5.41, 5.74) is 0.836. The molecule has 1 aromatic heterocycles. The average molecular weight is 266 g/mol. The van der Waals surface area contributed by atoms with Crippen LogP contribution in [-0.4, -0.2) is 18.4 Å². The van der Waals surface area contributed by atoms with Crippen molar-refractivity contribution < 1.29 is 13.9 Å². The maximum absolute atomic E-state index is 13.8. The topological polar surface area (TPSA) is 39.2 Å². The third-order valence-electron chi connectivity index (χ3n) is 2.48. The number of aromatic nitrogens is 1. The lowest BCUT2D eigenvalue weighted by atomic mass is 10.0. The number of rotatable bonds is 3. The number of hydrogen-bond acceptors (Lipinski definition) is 3. The van der Waals surface area contributed by atoms with Crippen molar-refractivity contribution in [2.45, 2.75) is 0 Å². The largest absolute Gasteiger partial charge is 0.480 e. The summed E-state index contributed by atoms with van der Waals surface area (Å²) in [5, 5.41) is 0.388. The first-order chi connectivity index (χ1) is 8.67. The zero-order valence-electron chi connectivity index (χ0n) is 9.48. The van der Waals surface area contributed by atoms with Gasteiger partial charge in [-0.25, -0.2) is 9.37 Å². The fourth-order valence-electron chi connectivity index (χ4n) is 1.67. The summed E-state index contributed by atoms with van der Waals surface area (Å²) in [7, 11) is 1.40. The van der Waals surface area contributed by atoms with E-state index in [1.54, 1.807) is 6.07 Å². The molecule has 0 spiro atoms. The van der Waals surface area contributed by atoms with E-state index in [2.05, 4.69) is 4.98 Å². The molecule has 0 N–H and O–H groups in total. The van der Waals surface area contributed by atoms with E-state index in [9.17, 15) is 9.18 Å². The van der Waals surface area contributed by atoms with Crippen LogP contribution in [0.15, 0.2) is 30.5 Å². The lowest BCUT2D eigenvalue weighted by molar-refractivity contribution is 0.112. The number of halogens is 2. The van der Waals surface area contributed by atoms with Gasteiger partial charge in [0.15, 0.2) is 6.29 Å². The van der Waals surface area contributed by atoms with Crippen molar-refractivity contribution in [3.8, 4) is 17.0 Å². The van der Waals surface area contributed by atoms with Crippen LogP contribution in [-0.2, 0) is 0 Å². The predicted octanol–water partition coefficient (Wildman–Crippen LogP) is 3.36. The first kappa shape index (κ1) is 12.5. The molecule has 0 amide bonds. The van der Waals surface area contributed by atoms with Crippen LogP contribution in [0.25, 0.3) is 11.1 Å². The third kappa shape index (κ3) is 2.19. The summed E-state index contributed by atoms with van der Waals surface area (Å²) in [5.74, 6) is -0.308. The van der Waals surface area contributed by atoms with Gasteiger partial charge < -0.3 is 4.74 Å². The minimum absolute atomic E-state index is 0.155. The molecule has 5 heteroatoms. The molecule has 1 heterocycles. The first-order valence-corrected chi connectivity index (χ1v) is 5.48. The Morgan fingerprint density at radius 2 is 2.11 bits per heavy atom. The minimum atomic E-state index is -0.462. The van der Waals surface area contributed by atoms with Crippen molar-refractivity contribution in [3.63, 3.8) is 0 Å². The normalized spacial score (nSPS) is 10.2. The van der Waals surface area contributed by atoms with Crippen molar-refractivity contribution in [1.29, 1.82) is 0 Å². The van der Waals surface area contributed by atoms with Gasteiger partial charge in [0.1, 0.15) is 5.82 Å². The van der Waals surface area contributed by atoms with Crippen molar-refractivity contribution >= 4 is 17.9 Å². The molecule has 0 aliphatic rings. The second-order valence-electron chi connectivity index (χ2n) is 3.52. The third-order valence-corrected chi connectivity index (χ3v) is 2.72. The highest BCUT2D eigenvalue weighted by atomic mass is 35.5. The highest BCUT2D eigenvalue weighted by Crippen LogP contribution is 2.31. The Morgan fingerprint density at radius 3 is 2.78 bits per heavy atom. The molecule has 0 saturated carbocycles. The van der Waals surface area contributed by atoms with Crippen molar-refractivity contribution in [2.24, 2.45) is 0 Å². The maximum atomic E-state index is 13.8. The molecule has 0 bridgehead atoms. The van der Waals surface area contributed by atoms with Crippen molar-refractivity contribution in [3.05, 3.63) is 46.9 Å². The van der Waals surface area contributed by atoms with Crippen molar-refractivity contribution in [1.82, 2.24) is 4.98 Å². The van der Waals surface area contributed by atoms with E-state index in [1.807, 2.05) is 0 Å². The fourth-order valence-corrected chi connectivity index (χ4v) is 1.84. The van der Waals surface area contributed by atoms with Crippen LogP contribution >= 0.6 is 11.6 Å². The Labute approximate surface area is 108 Å². The average Bonchev–Trinajstić information content (AvgIpc) is 2.40. The Morgan fingerprint density at radius 1 is 1.33 bits per heavy atom. The van der Waals surface area contributed by atoms with Crippen LogP contribution in [0.3, 0.4) is 0 Å². The molecule has 2 rings (SSSR count). The van der Waals surface area contributed by atoms with E-state index in [4.69, 9.17) is 16.3 Å². The Bertz CT molecular complexity index is 602. The van der Waals surface area contributed by atoms with Gasteiger partial charge in [-0.15, -0.1) is 0 Å². The van der Waals surface area contributed by atoms with Gasteiger partial charge in [-0.05, 0) is 24.3 Å². The summed E-state index contributed by atoms with van der Waals surface area (Å²) in [6, 6.07) is 5.69. The fraction of sp³-hybridized carbons (Fsp3) is 0.0769. The quantitative estimate of drug-likeness (QED) is 0.799. The standard InChI is InChI=1S/C13H9ClFNO2/c1-18-13-11(7-17)9(4-5-16-13)10-6-8(14)2-3-12(10)15/h2-7H,1H3. The molecule has 0 fully saturated rings. The summed E-state index contributed by atoms with van der Waals surface area (Å²) < 4.78 is 18.7. The Balaban J connectivity index is 2.70. The molecule has 0 radical (unpaired) electrons. The molecular weight excluding hydrogens is 257 g/mol. The highest BCUT2D eigenvalue weighted by Gasteiger charge is 2.14. The maximum Gasteiger partial charge on any atom is 0.224 e. The molecule has 0 aliphatic carbocycles. The monoisotopic (exact) mass is 265 g/mol. The van der Waals surface area contributed by atoms with Gasteiger partial charge in [0.2, 0.25) is 5.88 Å². The molecule has 0 atom stereocenters. The van der Waals surface area contributed by atoms with Gasteiger partial charge in [-0.1, -0.05) is 11.6 Å².